The van der Waals surface area contributed by atoms with Gasteiger partial charge in [-0.15, -0.1) is 0 Å². The molecule has 2 fully saturated rings. The molecule has 0 aromatic heterocycles. The average molecular weight is 501 g/mol. The van der Waals surface area contributed by atoms with Crippen molar-refractivity contribution in [2.45, 2.75) is 37.9 Å². The van der Waals surface area contributed by atoms with Crippen molar-refractivity contribution in [1.29, 1.82) is 0 Å². The van der Waals surface area contributed by atoms with Gasteiger partial charge in [0.2, 0.25) is 23.6 Å². The Labute approximate surface area is 205 Å². The molecule has 3 aliphatic heterocycles. The Kier molecular flexibility index (Phi) is 5.42. The highest BCUT2D eigenvalue weighted by atomic mass is 35.5. The molecule has 5 rings (SSSR count). The number of fused-ring (bicyclic) bond motifs is 4. The number of imide groups is 1. The van der Waals surface area contributed by atoms with Crippen LogP contribution in [0.15, 0.2) is 36.4 Å². The van der Waals surface area contributed by atoms with E-state index in [1.165, 1.54) is 4.90 Å². The molecule has 34 heavy (non-hydrogen) atoms. The van der Waals surface area contributed by atoms with Crippen molar-refractivity contribution in [2.24, 2.45) is 17.6 Å². The summed E-state index contributed by atoms with van der Waals surface area (Å²) in [6.45, 7) is 1.80. The largest absolute Gasteiger partial charge is 0.370 e. The van der Waals surface area contributed by atoms with E-state index in [1.807, 2.05) is 6.92 Å². The molecular formula is C24H22Cl2N4O4. The number of rotatable bonds is 5. The molecule has 0 radical (unpaired) electrons. The number of hydrogen-bond donors (Lipinski definition) is 3. The summed E-state index contributed by atoms with van der Waals surface area (Å²) < 4.78 is 0. The molecule has 2 aromatic carbocycles. The van der Waals surface area contributed by atoms with Crippen LogP contribution in [-0.4, -0.2) is 34.6 Å². The average Bonchev–Trinajstić information content (AvgIpc) is 3.35. The van der Waals surface area contributed by atoms with Crippen LogP contribution in [-0.2, 0) is 31.3 Å². The summed E-state index contributed by atoms with van der Waals surface area (Å²) in [6.07, 6.45) is 0.214. The number of aryl methyl sites for hydroxylation is 1. The lowest BCUT2D eigenvalue weighted by Crippen LogP contribution is -2.53. The van der Waals surface area contributed by atoms with Crippen molar-refractivity contribution in [3.8, 4) is 0 Å². The molecule has 10 heteroatoms. The maximum atomic E-state index is 13.8. The summed E-state index contributed by atoms with van der Waals surface area (Å²) in [5, 5.41) is 6.99. The minimum absolute atomic E-state index is 0.00595. The summed E-state index contributed by atoms with van der Waals surface area (Å²) in [4.78, 5) is 53.6. The van der Waals surface area contributed by atoms with E-state index in [4.69, 9.17) is 28.9 Å². The fourth-order valence-corrected chi connectivity index (χ4v) is 6.06. The number of carbonyl (C=O) groups is 4. The zero-order valence-electron chi connectivity index (χ0n) is 18.2. The first-order valence-electron chi connectivity index (χ1n) is 10.9. The second-order valence-corrected chi connectivity index (χ2v) is 9.86. The summed E-state index contributed by atoms with van der Waals surface area (Å²) >= 11 is 12.6. The number of anilines is 1. The molecule has 3 aliphatic rings. The van der Waals surface area contributed by atoms with E-state index >= 15 is 0 Å². The second kappa shape index (κ2) is 8.08. The van der Waals surface area contributed by atoms with Gasteiger partial charge < -0.3 is 11.1 Å². The molecule has 8 nitrogen and oxygen atoms in total. The Hall–Kier alpha value is -2.94. The number of benzene rings is 2. The molecule has 4 amide bonds. The fraction of sp³-hybridized carbons (Fsp3) is 0.333. The van der Waals surface area contributed by atoms with Gasteiger partial charge in [-0.3, -0.25) is 29.4 Å². The third kappa shape index (κ3) is 3.24. The standard InChI is InChI=1S/C24H22Cl2N4O4/c1-11-8-13(25)9-14-20(11)28-23(34)24(14)19-18(16(29-24)6-7-17(27)31)21(32)30(22(19)33)10-12-4-2-3-5-15(12)26/h2-5,8-9,16,18-19,29H,6-7,10H2,1H3,(H2,27,31)(H,28,34). The SMILES string of the molecule is Cc1cc(Cl)cc2c1NC(=O)C21NC(CCC(N)=O)C2C(=O)N(Cc3ccccc3Cl)C(=O)C21. The van der Waals surface area contributed by atoms with Gasteiger partial charge >= 0.3 is 0 Å². The van der Waals surface area contributed by atoms with E-state index in [-0.39, 0.29) is 19.4 Å². The van der Waals surface area contributed by atoms with Crippen LogP contribution in [0.2, 0.25) is 10.0 Å². The van der Waals surface area contributed by atoms with Crippen LogP contribution in [0.4, 0.5) is 5.69 Å². The van der Waals surface area contributed by atoms with Crippen LogP contribution in [0.5, 0.6) is 0 Å². The third-order valence-corrected chi connectivity index (χ3v) is 7.65. The minimum Gasteiger partial charge on any atom is -0.370 e. The fourth-order valence-electron chi connectivity index (χ4n) is 5.59. The van der Waals surface area contributed by atoms with Crippen molar-refractivity contribution < 1.29 is 19.2 Å². The summed E-state index contributed by atoms with van der Waals surface area (Å²) in [7, 11) is 0. The second-order valence-electron chi connectivity index (χ2n) is 9.02. The molecule has 3 heterocycles. The van der Waals surface area contributed by atoms with Gasteiger partial charge in [0.15, 0.2) is 0 Å². The van der Waals surface area contributed by atoms with Crippen molar-refractivity contribution in [3.05, 3.63) is 63.1 Å². The first-order chi connectivity index (χ1) is 16.1. The zero-order chi connectivity index (χ0) is 24.4. The Morgan fingerprint density at radius 3 is 2.59 bits per heavy atom. The van der Waals surface area contributed by atoms with Crippen LogP contribution >= 0.6 is 23.2 Å². The first kappa shape index (κ1) is 22.8. The number of nitrogens with one attached hydrogen (secondary N) is 2. The molecule has 0 bridgehead atoms. The molecule has 4 unspecified atom stereocenters. The number of primary amides is 1. The molecular weight excluding hydrogens is 479 g/mol. The summed E-state index contributed by atoms with van der Waals surface area (Å²) in [5.74, 6) is -3.67. The number of nitrogens with zero attached hydrogens (tertiary/aromatic N) is 1. The third-order valence-electron chi connectivity index (χ3n) is 7.07. The van der Waals surface area contributed by atoms with E-state index < -0.39 is 47.0 Å². The van der Waals surface area contributed by atoms with Crippen molar-refractivity contribution in [3.63, 3.8) is 0 Å². The summed E-state index contributed by atoms with van der Waals surface area (Å²) in [5.41, 5.74) is 6.34. The van der Waals surface area contributed by atoms with E-state index in [9.17, 15) is 19.2 Å². The molecule has 2 saturated heterocycles. The van der Waals surface area contributed by atoms with E-state index in [0.29, 0.717) is 26.9 Å². The van der Waals surface area contributed by atoms with Crippen LogP contribution in [0, 0.1) is 18.8 Å². The zero-order valence-corrected chi connectivity index (χ0v) is 19.7. The van der Waals surface area contributed by atoms with Crippen LogP contribution in [0.3, 0.4) is 0 Å². The number of hydrogen-bond acceptors (Lipinski definition) is 5. The van der Waals surface area contributed by atoms with E-state index in [2.05, 4.69) is 10.6 Å². The smallest absolute Gasteiger partial charge is 0.250 e. The lowest BCUT2D eigenvalue weighted by molar-refractivity contribution is -0.143. The van der Waals surface area contributed by atoms with E-state index in [1.54, 1.807) is 36.4 Å². The highest BCUT2D eigenvalue weighted by molar-refractivity contribution is 6.31. The van der Waals surface area contributed by atoms with Gasteiger partial charge in [0, 0.05) is 33.8 Å². The molecule has 176 valence electrons. The Balaban J connectivity index is 1.62. The number of halogens is 2. The molecule has 0 aliphatic carbocycles. The highest BCUT2D eigenvalue weighted by Gasteiger charge is 2.70. The minimum atomic E-state index is -1.49. The van der Waals surface area contributed by atoms with Crippen molar-refractivity contribution >= 4 is 52.5 Å². The lowest BCUT2D eigenvalue weighted by atomic mass is 9.76. The monoisotopic (exact) mass is 500 g/mol. The highest BCUT2D eigenvalue weighted by Crippen LogP contribution is 2.54. The van der Waals surface area contributed by atoms with Gasteiger partial charge in [0.25, 0.3) is 0 Å². The van der Waals surface area contributed by atoms with Gasteiger partial charge in [-0.2, -0.15) is 0 Å². The number of amides is 4. The number of nitrogens with two attached hydrogens (primary N) is 1. The predicted molar refractivity (Wildman–Crippen MR) is 126 cm³/mol. The van der Waals surface area contributed by atoms with Gasteiger partial charge in [0.1, 0.15) is 5.54 Å². The van der Waals surface area contributed by atoms with Crippen LogP contribution in [0.1, 0.15) is 29.5 Å². The molecule has 4 atom stereocenters. The predicted octanol–water partition coefficient (Wildman–Crippen LogP) is 2.49. The summed E-state index contributed by atoms with van der Waals surface area (Å²) in [6, 6.07) is 9.74. The number of carbonyl (C=O) groups excluding carboxylic acids is 4. The van der Waals surface area contributed by atoms with Gasteiger partial charge in [0.05, 0.1) is 18.4 Å². The maximum Gasteiger partial charge on any atom is 0.250 e. The van der Waals surface area contributed by atoms with Gasteiger partial charge in [-0.25, -0.2) is 0 Å². The first-order valence-corrected chi connectivity index (χ1v) is 11.7. The van der Waals surface area contributed by atoms with E-state index in [0.717, 1.165) is 5.56 Å². The lowest BCUT2D eigenvalue weighted by Gasteiger charge is -2.29. The Morgan fingerprint density at radius 1 is 1.15 bits per heavy atom. The topological polar surface area (TPSA) is 122 Å². The van der Waals surface area contributed by atoms with Gasteiger partial charge in [-0.1, -0.05) is 41.4 Å². The Morgan fingerprint density at radius 2 is 1.88 bits per heavy atom. The molecule has 1 spiro atoms. The molecule has 4 N–H and O–H groups in total. The molecule has 2 aromatic rings. The number of likely N-dealkylation sites (tertiary alicyclic amines) is 1. The molecule has 0 saturated carbocycles. The van der Waals surface area contributed by atoms with Gasteiger partial charge in [-0.05, 0) is 42.7 Å². The van der Waals surface area contributed by atoms with Crippen molar-refractivity contribution in [2.75, 3.05) is 5.32 Å². The van der Waals surface area contributed by atoms with Crippen LogP contribution in [0.25, 0.3) is 0 Å². The van der Waals surface area contributed by atoms with Crippen LogP contribution < -0.4 is 16.4 Å². The Bertz CT molecular complexity index is 1270. The maximum absolute atomic E-state index is 13.8. The quantitative estimate of drug-likeness (QED) is 0.544. The normalized spacial score (nSPS) is 27.3. The van der Waals surface area contributed by atoms with Crippen molar-refractivity contribution in [1.82, 2.24) is 10.2 Å².